The summed E-state index contributed by atoms with van der Waals surface area (Å²) in [6.45, 7) is 0.676. The summed E-state index contributed by atoms with van der Waals surface area (Å²) in [5.41, 5.74) is 0. The Morgan fingerprint density at radius 2 is 0.850 bits per heavy atom. The third-order valence-corrected chi connectivity index (χ3v) is 2.43. The van der Waals surface area contributed by atoms with Crippen molar-refractivity contribution in [3.05, 3.63) is 12.2 Å². The van der Waals surface area contributed by atoms with E-state index in [0.29, 0.717) is 25.4 Å². The van der Waals surface area contributed by atoms with Gasteiger partial charge in [0.25, 0.3) is 0 Å². The molecule has 0 aromatic heterocycles. The van der Waals surface area contributed by atoms with Crippen molar-refractivity contribution < 1.29 is 30.0 Å². The molecule has 0 bridgehead atoms. The van der Waals surface area contributed by atoms with Crippen LogP contribution in [0.4, 0.5) is 0 Å². The quantitative estimate of drug-likeness (QED) is 0.341. The number of unbranched alkanes of at least 4 members (excludes halogenated alkanes) is 7. The van der Waals surface area contributed by atoms with Crippen molar-refractivity contribution in [3.8, 4) is 0 Å². The minimum atomic E-state index is -1.26. The normalized spacial score (nSPS) is 10.1. The smallest absolute Gasteiger partial charge is 0.328 e. The van der Waals surface area contributed by atoms with E-state index in [1.807, 2.05) is 0 Å². The van der Waals surface area contributed by atoms with Gasteiger partial charge in [0.2, 0.25) is 0 Å². The van der Waals surface area contributed by atoms with Crippen LogP contribution in [0, 0.1) is 0 Å². The van der Waals surface area contributed by atoms with E-state index in [1.165, 1.54) is 25.7 Å². The Kier molecular flexibility index (Phi) is 18.4. The highest BCUT2D eigenvalue weighted by molar-refractivity contribution is 5.89. The second-order valence-corrected chi connectivity index (χ2v) is 4.29. The number of aliphatic carboxylic acids is 2. The van der Waals surface area contributed by atoms with Crippen LogP contribution in [0.1, 0.15) is 51.4 Å². The molecule has 0 aliphatic carbocycles. The van der Waals surface area contributed by atoms with Crippen molar-refractivity contribution >= 4 is 11.9 Å². The molecule has 0 saturated carbocycles. The molecular weight excluding hydrogens is 264 g/mol. The molecule has 0 heterocycles. The summed E-state index contributed by atoms with van der Waals surface area (Å²) < 4.78 is 0. The third kappa shape index (κ3) is 25.4. The second-order valence-electron chi connectivity index (χ2n) is 4.29. The number of hydrogen-bond acceptors (Lipinski definition) is 4. The number of carboxylic acids is 2. The van der Waals surface area contributed by atoms with Crippen LogP contribution < -0.4 is 0 Å². The van der Waals surface area contributed by atoms with Gasteiger partial charge in [-0.15, -0.1) is 0 Å². The summed E-state index contributed by atoms with van der Waals surface area (Å²) in [6.07, 6.45) is 10.4. The predicted molar refractivity (Wildman–Crippen MR) is 75.5 cm³/mol. The first kappa shape index (κ1) is 20.9. The van der Waals surface area contributed by atoms with E-state index in [0.717, 1.165) is 25.7 Å². The van der Waals surface area contributed by atoms with Crippen molar-refractivity contribution in [3.63, 3.8) is 0 Å². The molecule has 0 aromatic carbocycles. The van der Waals surface area contributed by atoms with Crippen molar-refractivity contribution in [2.75, 3.05) is 13.2 Å². The summed E-state index contributed by atoms with van der Waals surface area (Å²) in [5, 5.41) is 32.6. The lowest BCUT2D eigenvalue weighted by molar-refractivity contribution is -0.134. The second kappa shape index (κ2) is 17.6. The molecule has 6 nitrogen and oxygen atoms in total. The van der Waals surface area contributed by atoms with Gasteiger partial charge in [-0.1, -0.05) is 38.5 Å². The van der Waals surface area contributed by atoms with E-state index < -0.39 is 11.9 Å². The largest absolute Gasteiger partial charge is 0.478 e. The number of aliphatic hydroxyl groups is 2. The average molecular weight is 290 g/mol. The van der Waals surface area contributed by atoms with Crippen LogP contribution in [0.3, 0.4) is 0 Å². The summed E-state index contributed by atoms with van der Waals surface area (Å²) in [5.74, 6) is -2.51. The van der Waals surface area contributed by atoms with Gasteiger partial charge in [-0.05, 0) is 12.8 Å². The van der Waals surface area contributed by atoms with Gasteiger partial charge < -0.3 is 20.4 Å². The molecular formula is C14H26O6. The summed E-state index contributed by atoms with van der Waals surface area (Å²) in [4.78, 5) is 19.1. The Labute approximate surface area is 119 Å². The molecule has 0 fully saturated rings. The Morgan fingerprint density at radius 1 is 0.600 bits per heavy atom. The summed E-state index contributed by atoms with van der Waals surface area (Å²) >= 11 is 0. The van der Waals surface area contributed by atoms with Crippen LogP contribution in [-0.2, 0) is 9.59 Å². The van der Waals surface area contributed by atoms with E-state index in [-0.39, 0.29) is 0 Å². The zero-order valence-electron chi connectivity index (χ0n) is 11.8. The fourth-order valence-electron chi connectivity index (χ4n) is 1.43. The molecule has 0 radical (unpaired) electrons. The minimum absolute atomic E-state index is 0.338. The number of carbonyl (C=O) groups is 2. The van der Waals surface area contributed by atoms with E-state index in [2.05, 4.69) is 0 Å². The lowest BCUT2D eigenvalue weighted by Gasteiger charge is -1.99. The molecule has 0 spiro atoms. The molecule has 118 valence electrons. The van der Waals surface area contributed by atoms with Crippen LogP contribution in [0.2, 0.25) is 0 Å². The SMILES string of the molecule is O=C(O)C=CC(=O)O.OCCCCCCCCCCO. The van der Waals surface area contributed by atoms with E-state index in [9.17, 15) is 9.59 Å². The Bertz CT molecular complexity index is 236. The van der Waals surface area contributed by atoms with E-state index in [4.69, 9.17) is 20.4 Å². The van der Waals surface area contributed by atoms with Crippen LogP contribution in [-0.4, -0.2) is 45.6 Å². The van der Waals surface area contributed by atoms with Gasteiger partial charge in [0.15, 0.2) is 0 Å². The van der Waals surface area contributed by atoms with Crippen LogP contribution >= 0.6 is 0 Å². The van der Waals surface area contributed by atoms with Crippen molar-refractivity contribution in [1.29, 1.82) is 0 Å². The van der Waals surface area contributed by atoms with E-state index in [1.54, 1.807) is 0 Å². The fraction of sp³-hybridized carbons (Fsp3) is 0.714. The van der Waals surface area contributed by atoms with E-state index >= 15 is 0 Å². The zero-order chi connectivity index (χ0) is 15.6. The highest BCUT2D eigenvalue weighted by atomic mass is 16.4. The molecule has 0 aromatic rings. The Morgan fingerprint density at radius 3 is 1.05 bits per heavy atom. The van der Waals surface area contributed by atoms with Gasteiger partial charge in [0.05, 0.1) is 0 Å². The maximum Gasteiger partial charge on any atom is 0.328 e. The van der Waals surface area contributed by atoms with Crippen LogP contribution in [0.5, 0.6) is 0 Å². The average Bonchev–Trinajstić information content (AvgIpc) is 2.40. The van der Waals surface area contributed by atoms with Crippen molar-refractivity contribution in [1.82, 2.24) is 0 Å². The number of carboxylic acid groups (broad SMARTS) is 2. The third-order valence-electron chi connectivity index (χ3n) is 2.43. The van der Waals surface area contributed by atoms with Gasteiger partial charge in [-0.25, -0.2) is 9.59 Å². The van der Waals surface area contributed by atoms with Crippen molar-refractivity contribution in [2.24, 2.45) is 0 Å². The van der Waals surface area contributed by atoms with Gasteiger partial charge >= 0.3 is 11.9 Å². The first-order chi connectivity index (χ1) is 9.54. The molecule has 20 heavy (non-hydrogen) atoms. The number of hydrogen-bond donors (Lipinski definition) is 4. The first-order valence-corrected chi connectivity index (χ1v) is 6.90. The van der Waals surface area contributed by atoms with Crippen LogP contribution in [0.25, 0.3) is 0 Å². The Hall–Kier alpha value is -1.40. The first-order valence-electron chi connectivity index (χ1n) is 6.90. The minimum Gasteiger partial charge on any atom is -0.478 e. The predicted octanol–water partition coefficient (Wildman–Crippen LogP) is 1.80. The topological polar surface area (TPSA) is 115 Å². The van der Waals surface area contributed by atoms with Gasteiger partial charge in [0.1, 0.15) is 0 Å². The maximum atomic E-state index is 9.55. The standard InChI is InChI=1S/C10H22O2.C4H4O4/c11-9-7-5-3-1-2-4-6-8-10-12;5-3(6)1-2-4(7)8/h11-12H,1-10H2;1-2H,(H,5,6)(H,7,8). The molecule has 0 amide bonds. The number of rotatable bonds is 11. The molecule has 0 unspecified atom stereocenters. The fourth-order valence-corrected chi connectivity index (χ4v) is 1.43. The zero-order valence-corrected chi connectivity index (χ0v) is 11.8. The monoisotopic (exact) mass is 290 g/mol. The maximum absolute atomic E-state index is 9.55. The van der Waals surface area contributed by atoms with Gasteiger partial charge in [-0.3, -0.25) is 0 Å². The number of aliphatic hydroxyl groups excluding tert-OH is 2. The molecule has 0 saturated heterocycles. The highest BCUT2D eigenvalue weighted by Gasteiger charge is 1.90. The summed E-state index contributed by atoms with van der Waals surface area (Å²) in [7, 11) is 0. The molecule has 0 aliphatic rings. The molecule has 4 N–H and O–H groups in total. The highest BCUT2D eigenvalue weighted by Crippen LogP contribution is 2.07. The molecule has 0 aliphatic heterocycles. The van der Waals surface area contributed by atoms with Gasteiger partial charge in [-0.2, -0.15) is 0 Å². The summed E-state index contributed by atoms with van der Waals surface area (Å²) in [6, 6.07) is 0. The molecule has 0 rings (SSSR count). The molecule has 0 atom stereocenters. The lowest BCUT2D eigenvalue weighted by atomic mass is 10.1. The van der Waals surface area contributed by atoms with Crippen molar-refractivity contribution in [2.45, 2.75) is 51.4 Å². The Balaban J connectivity index is 0. The molecule has 6 heteroatoms. The van der Waals surface area contributed by atoms with Crippen LogP contribution in [0.15, 0.2) is 12.2 Å². The van der Waals surface area contributed by atoms with Gasteiger partial charge in [0, 0.05) is 25.4 Å². The lowest BCUT2D eigenvalue weighted by Crippen LogP contribution is -1.91.